The highest BCUT2D eigenvalue weighted by Crippen LogP contribution is 2.14. The molecule has 2 rings (SSSR count). The first-order valence-corrected chi connectivity index (χ1v) is 8.55. The van der Waals surface area contributed by atoms with Crippen LogP contribution in [-0.2, 0) is 9.53 Å². The number of morpholine rings is 1. The van der Waals surface area contributed by atoms with Gasteiger partial charge < -0.3 is 10.1 Å². The summed E-state index contributed by atoms with van der Waals surface area (Å²) in [5.41, 5.74) is 3.33. The zero-order chi connectivity index (χ0) is 15.1. The molecule has 0 radical (unpaired) electrons. The number of carbonyl (C=O) groups is 1. The Kier molecular flexibility index (Phi) is 6.54. The number of benzene rings is 1. The van der Waals surface area contributed by atoms with Gasteiger partial charge >= 0.3 is 0 Å². The first kappa shape index (κ1) is 16.3. The summed E-state index contributed by atoms with van der Waals surface area (Å²) < 4.78 is 5.32. The lowest BCUT2D eigenvalue weighted by Gasteiger charge is -2.26. The molecule has 5 heteroatoms. The quantitative estimate of drug-likeness (QED) is 0.819. The molecule has 1 amide bonds. The van der Waals surface area contributed by atoms with E-state index >= 15 is 0 Å². The van der Waals surface area contributed by atoms with Crippen LogP contribution in [0.4, 0.5) is 5.69 Å². The van der Waals surface area contributed by atoms with Crippen molar-refractivity contribution in [1.82, 2.24) is 4.90 Å². The fourth-order valence-corrected chi connectivity index (χ4v) is 2.99. The van der Waals surface area contributed by atoms with E-state index < -0.39 is 0 Å². The molecule has 1 saturated heterocycles. The van der Waals surface area contributed by atoms with Gasteiger partial charge in [-0.1, -0.05) is 6.07 Å². The third kappa shape index (κ3) is 5.69. The molecule has 0 atom stereocenters. The summed E-state index contributed by atoms with van der Waals surface area (Å²) in [5.74, 6) is 1.57. The lowest BCUT2D eigenvalue weighted by Crippen LogP contribution is -2.37. The number of nitrogens with zero attached hydrogens (tertiary/aromatic N) is 1. The first-order chi connectivity index (χ1) is 10.1. The van der Waals surface area contributed by atoms with Crippen LogP contribution in [0, 0.1) is 13.8 Å². The van der Waals surface area contributed by atoms with Gasteiger partial charge in [0.2, 0.25) is 5.91 Å². The van der Waals surface area contributed by atoms with Crippen LogP contribution in [0.3, 0.4) is 0 Å². The summed E-state index contributed by atoms with van der Waals surface area (Å²) in [4.78, 5) is 14.3. The standard InChI is InChI=1S/C16H24N2O2S/c1-13-3-4-15(11-14(13)2)17-16(19)12-21-10-7-18-5-8-20-9-6-18/h3-4,11H,5-10,12H2,1-2H3,(H,17,19). The number of carbonyl (C=O) groups excluding carboxylic acids is 1. The summed E-state index contributed by atoms with van der Waals surface area (Å²) in [5, 5.41) is 2.96. The Morgan fingerprint density at radius 2 is 2.05 bits per heavy atom. The minimum absolute atomic E-state index is 0.0743. The van der Waals surface area contributed by atoms with Crippen LogP contribution in [0.1, 0.15) is 11.1 Å². The molecule has 1 N–H and O–H groups in total. The van der Waals surface area contributed by atoms with Gasteiger partial charge in [0, 0.05) is 31.1 Å². The third-order valence-electron chi connectivity index (χ3n) is 3.68. The molecule has 0 aromatic heterocycles. The Hall–Kier alpha value is -1.04. The fraction of sp³-hybridized carbons (Fsp3) is 0.562. The molecule has 1 fully saturated rings. The molecule has 1 aliphatic heterocycles. The van der Waals surface area contributed by atoms with Crippen molar-refractivity contribution in [1.29, 1.82) is 0 Å². The number of hydrogen-bond donors (Lipinski definition) is 1. The van der Waals surface area contributed by atoms with Crippen LogP contribution in [-0.4, -0.2) is 55.2 Å². The summed E-state index contributed by atoms with van der Waals surface area (Å²) in [6.45, 7) is 8.84. The molecule has 0 aliphatic carbocycles. The van der Waals surface area contributed by atoms with Crippen LogP contribution in [0.25, 0.3) is 0 Å². The van der Waals surface area contributed by atoms with Gasteiger partial charge in [-0.2, -0.15) is 11.8 Å². The van der Waals surface area contributed by atoms with E-state index in [9.17, 15) is 4.79 Å². The monoisotopic (exact) mass is 308 g/mol. The molecule has 1 aromatic carbocycles. The molecule has 1 aromatic rings. The van der Waals surface area contributed by atoms with Gasteiger partial charge in [0.05, 0.1) is 19.0 Å². The van der Waals surface area contributed by atoms with E-state index in [1.165, 1.54) is 11.1 Å². The summed E-state index contributed by atoms with van der Waals surface area (Å²) >= 11 is 1.69. The molecular formula is C16H24N2O2S. The summed E-state index contributed by atoms with van der Waals surface area (Å²) in [6, 6.07) is 6.01. The Morgan fingerprint density at radius 3 is 2.76 bits per heavy atom. The van der Waals surface area contributed by atoms with Crippen molar-refractivity contribution in [3.05, 3.63) is 29.3 Å². The van der Waals surface area contributed by atoms with E-state index in [-0.39, 0.29) is 5.91 Å². The van der Waals surface area contributed by atoms with Crippen molar-refractivity contribution in [2.45, 2.75) is 13.8 Å². The zero-order valence-corrected chi connectivity index (χ0v) is 13.7. The van der Waals surface area contributed by atoms with Crippen LogP contribution in [0.2, 0.25) is 0 Å². The average Bonchev–Trinajstić information content (AvgIpc) is 2.49. The zero-order valence-electron chi connectivity index (χ0n) is 12.9. The van der Waals surface area contributed by atoms with Gasteiger partial charge in [-0.05, 0) is 37.1 Å². The normalized spacial score (nSPS) is 15.9. The van der Waals surface area contributed by atoms with E-state index in [0.717, 1.165) is 44.3 Å². The van der Waals surface area contributed by atoms with E-state index in [0.29, 0.717) is 5.75 Å². The second kappa shape index (κ2) is 8.41. The van der Waals surface area contributed by atoms with Crippen LogP contribution >= 0.6 is 11.8 Å². The van der Waals surface area contributed by atoms with Crippen LogP contribution in [0.5, 0.6) is 0 Å². The highest BCUT2D eigenvalue weighted by Gasteiger charge is 2.10. The first-order valence-electron chi connectivity index (χ1n) is 7.40. The lowest BCUT2D eigenvalue weighted by molar-refractivity contribution is -0.113. The summed E-state index contributed by atoms with van der Waals surface area (Å²) in [6.07, 6.45) is 0. The maximum atomic E-state index is 11.9. The van der Waals surface area contributed by atoms with E-state index in [2.05, 4.69) is 24.1 Å². The number of aryl methyl sites for hydroxylation is 2. The molecule has 116 valence electrons. The van der Waals surface area contributed by atoms with Gasteiger partial charge in [0.15, 0.2) is 0 Å². The number of thioether (sulfide) groups is 1. The molecule has 1 aliphatic rings. The number of nitrogens with one attached hydrogen (secondary N) is 1. The molecular weight excluding hydrogens is 284 g/mol. The molecule has 0 unspecified atom stereocenters. The Balaban J connectivity index is 1.63. The third-order valence-corrected chi connectivity index (χ3v) is 4.62. The van der Waals surface area contributed by atoms with Crippen LogP contribution < -0.4 is 5.32 Å². The minimum atomic E-state index is 0.0743. The fourth-order valence-electron chi connectivity index (χ4n) is 2.20. The predicted octanol–water partition coefficient (Wildman–Crippen LogP) is 2.31. The lowest BCUT2D eigenvalue weighted by atomic mass is 10.1. The average molecular weight is 308 g/mol. The molecule has 0 saturated carbocycles. The smallest absolute Gasteiger partial charge is 0.234 e. The maximum Gasteiger partial charge on any atom is 0.234 e. The SMILES string of the molecule is Cc1ccc(NC(=O)CSCCN2CCOCC2)cc1C. The van der Waals surface area contributed by atoms with Gasteiger partial charge in [0.25, 0.3) is 0 Å². The van der Waals surface area contributed by atoms with Crippen LogP contribution in [0.15, 0.2) is 18.2 Å². The summed E-state index contributed by atoms with van der Waals surface area (Å²) in [7, 11) is 0. The second-order valence-corrected chi connectivity index (χ2v) is 6.46. The van der Waals surface area contributed by atoms with E-state index in [1.54, 1.807) is 11.8 Å². The number of rotatable bonds is 6. The molecule has 0 spiro atoms. The van der Waals surface area contributed by atoms with E-state index in [4.69, 9.17) is 4.74 Å². The van der Waals surface area contributed by atoms with Crippen molar-refractivity contribution >= 4 is 23.4 Å². The van der Waals surface area contributed by atoms with Crippen molar-refractivity contribution in [2.24, 2.45) is 0 Å². The Bertz CT molecular complexity index is 473. The van der Waals surface area contributed by atoms with Crippen molar-refractivity contribution in [3.63, 3.8) is 0 Å². The molecule has 21 heavy (non-hydrogen) atoms. The molecule has 4 nitrogen and oxygen atoms in total. The minimum Gasteiger partial charge on any atom is -0.379 e. The Labute approximate surface area is 131 Å². The Morgan fingerprint density at radius 1 is 1.29 bits per heavy atom. The number of ether oxygens (including phenoxy) is 1. The number of amides is 1. The number of hydrogen-bond acceptors (Lipinski definition) is 4. The van der Waals surface area contributed by atoms with E-state index in [1.807, 2.05) is 18.2 Å². The highest BCUT2D eigenvalue weighted by atomic mass is 32.2. The maximum absolute atomic E-state index is 11.9. The number of anilines is 1. The molecule has 0 bridgehead atoms. The van der Waals surface area contributed by atoms with Crippen molar-refractivity contribution < 1.29 is 9.53 Å². The van der Waals surface area contributed by atoms with Crippen molar-refractivity contribution in [2.75, 3.05) is 49.7 Å². The second-order valence-electron chi connectivity index (χ2n) is 5.35. The largest absolute Gasteiger partial charge is 0.379 e. The van der Waals surface area contributed by atoms with Gasteiger partial charge in [-0.3, -0.25) is 9.69 Å². The predicted molar refractivity (Wildman–Crippen MR) is 89.1 cm³/mol. The highest BCUT2D eigenvalue weighted by molar-refractivity contribution is 7.99. The van der Waals surface area contributed by atoms with Gasteiger partial charge in [-0.15, -0.1) is 0 Å². The van der Waals surface area contributed by atoms with Gasteiger partial charge in [0.1, 0.15) is 0 Å². The van der Waals surface area contributed by atoms with Crippen molar-refractivity contribution in [3.8, 4) is 0 Å². The topological polar surface area (TPSA) is 41.6 Å². The van der Waals surface area contributed by atoms with Gasteiger partial charge in [-0.25, -0.2) is 0 Å². The molecule has 1 heterocycles.